The van der Waals surface area contributed by atoms with E-state index in [2.05, 4.69) is 4.72 Å². The number of fused-ring (bicyclic) bond motifs is 1. The Balaban J connectivity index is 2.01. The standard InChI is InChI=1S/C18H24N2O6S/c1-19-27(24,25)16-10-12(7-8-15(16)26-2)17(21)20-13-6-4-3-5-11(13)9-14(20)18(22)23/h7-8,10-11,13-14,19H,3-6,9H2,1-2H3,(H,22,23)/t11-,13+,14-/m0/s1. The number of methoxy groups -OCH3 is 1. The maximum atomic E-state index is 13.2. The SMILES string of the molecule is CNS(=O)(=O)c1cc(C(=O)N2[C@@H]3CCCC[C@H]3C[C@H]2C(=O)O)ccc1OC. The normalized spacial score (nSPS) is 25.1. The van der Waals surface area contributed by atoms with Crippen LogP contribution in [0.15, 0.2) is 23.1 Å². The molecule has 1 aromatic rings. The molecular weight excluding hydrogens is 372 g/mol. The van der Waals surface area contributed by atoms with Gasteiger partial charge in [0.25, 0.3) is 5.91 Å². The van der Waals surface area contributed by atoms with Crippen molar-refractivity contribution in [1.82, 2.24) is 9.62 Å². The summed E-state index contributed by atoms with van der Waals surface area (Å²) in [7, 11) is -1.21. The number of likely N-dealkylation sites (tertiary alicyclic amines) is 1. The van der Waals surface area contributed by atoms with Gasteiger partial charge in [-0.3, -0.25) is 4.79 Å². The molecule has 2 fully saturated rings. The molecule has 1 amide bonds. The molecule has 1 saturated heterocycles. The largest absolute Gasteiger partial charge is 0.495 e. The monoisotopic (exact) mass is 396 g/mol. The molecule has 3 atom stereocenters. The lowest BCUT2D eigenvalue weighted by Crippen LogP contribution is -2.46. The summed E-state index contributed by atoms with van der Waals surface area (Å²) in [4.78, 5) is 26.2. The van der Waals surface area contributed by atoms with Crippen LogP contribution in [0, 0.1) is 5.92 Å². The summed E-state index contributed by atoms with van der Waals surface area (Å²) in [5, 5.41) is 9.61. The van der Waals surface area contributed by atoms with E-state index in [-0.39, 0.29) is 28.2 Å². The van der Waals surface area contributed by atoms with Crippen LogP contribution in [-0.4, -0.2) is 56.5 Å². The van der Waals surface area contributed by atoms with Crippen molar-refractivity contribution in [2.24, 2.45) is 5.92 Å². The Morgan fingerprint density at radius 2 is 1.96 bits per heavy atom. The van der Waals surface area contributed by atoms with Gasteiger partial charge in [0.15, 0.2) is 0 Å². The third-order valence-corrected chi connectivity index (χ3v) is 7.01. The first-order valence-corrected chi connectivity index (χ1v) is 10.5. The van der Waals surface area contributed by atoms with E-state index in [1.54, 1.807) is 0 Å². The zero-order chi connectivity index (χ0) is 19.8. The molecule has 0 spiro atoms. The molecule has 1 aliphatic heterocycles. The molecule has 2 aliphatic rings. The molecule has 0 unspecified atom stereocenters. The van der Waals surface area contributed by atoms with Crippen molar-refractivity contribution in [3.05, 3.63) is 23.8 Å². The van der Waals surface area contributed by atoms with Gasteiger partial charge in [-0.2, -0.15) is 0 Å². The van der Waals surface area contributed by atoms with Crippen LogP contribution >= 0.6 is 0 Å². The number of carboxylic acids is 1. The molecule has 1 heterocycles. The van der Waals surface area contributed by atoms with Crippen LogP contribution in [0.4, 0.5) is 0 Å². The summed E-state index contributed by atoms with van der Waals surface area (Å²) in [5.41, 5.74) is 0.141. The highest BCUT2D eigenvalue weighted by molar-refractivity contribution is 7.89. The Kier molecular flexibility index (Phi) is 5.43. The summed E-state index contributed by atoms with van der Waals surface area (Å²) in [5.74, 6) is -1.17. The molecule has 9 heteroatoms. The zero-order valence-electron chi connectivity index (χ0n) is 15.3. The molecule has 27 heavy (non-hydrogen) atoms. The lowest BCUT2D eigenvalue weighted by molar-refractivity contribution is -0.141. The molecule has 8 nitrogen and oxygen atoms in total. The molecule has 1 aromatic carbocycles. The first kappa shape index (κ1) is 19.6. The molecule has 2 N–H and O–H groups in total. The van der Waals surface area contributed by atoms with Crippen LogP contribution in [0.3, 0.4) is 0 Å². The van der Waals surface area contributed by atoms with E-state index in [9.17, 15) is 23.1 Å². The molecule has 0 bridgehead atoms. The fourth-order valence-corrected chi connectivity index (χ4v) is 5.17. The maximum absolute atomic E-state index is 13.2. The van der Waals surface area contributed by atoms with Gasteiger partial charge >= 0.3 is 5.97 Å². The van der Waals surface area contributed by atoms with Gasteiger partial charge in [0.2, 0.25) is 10.0 Å². The van der Waals surface area contributed by atoms with E-state index >= 15 is 0 Å². The molecule has 0 radical (unpaired) electrons. The summed E-state index contributed by atoms with van der Waals surface area (Å²) in [6.07, 6.45) is 4.14. The highest BCUT2D eigenvalue weighted by Crippen LogP contribution is 2.41. The molecule has 0 aromatic heterocycles. The van der Waals surface area contributed by atoms with Crippen molar-refractivity contribution in [3.63, 3.8) is 0 Å². The zero-order valence-corrected chi connectivity index (χ0v) is 16.2. The Hall–Kier alpha value is -2.13. The van der Waals surface area contributed by atoms with Crippen LogP contribution in [0.25, 0.3) is 0 Å². The maximum Gasteiger partial charge on any atom is 0.326 e. The van der Waals surface area contributed by atoms with Crippen LogP contribution in [0.1, 0.15) is 42.5 Å². The number of ether oxygens (including phenoxy) is 1. The lowest BCUT2D eigenvalue weighted by Gasteiger charge is -2.33. The van der Waals surface area contributed by atoms with Gasteiger partial charge in [0.1, 0.15) is 16.7 Å². The minimum Gasteiger partial charge on any atom is -0.495 e. The highest BCUT2D eigenvalue weighted by atomic mass is 32.2. The second-order valence-corrected chi connectivity index (χ2v) is 8.84. The lowest BCUT2D eigenvalue weighted by atomic mass is 9.84. The molecule has 1 aliphatic carbocycles. The van der Waals surface area contributed by atoms with Gasteiger partial charge < -0.3 is 14.7 Å². The summed E-state index contributed by atoms with van der Waals surface area (Å²) < 4.78 is 31.8. The van der Waals surface area contributed by atoms with Crippen molar-refractivity contribution >= 4 is 21.9 Å². The minimum absolute atomic E-state index is 0.112. The number of hydrogen-bond acceptors (Lipinski definition) is 5. The van der Waals surface area contributed by atoms with E-state index in [1.807, 2.05) is 0 Å². The van der Waals surface area contributed by atoms with E-state index in [0.717, 1.165) is 25.7 Å². The fraction of sp³-hybridized carbons (Fsp3) is 0.556. The number of nitrogens with one attached hydrogen (secondary N) is 1. The first-order chi connectivity index (χ1) is 12.8. The second kappa shape index (κ2) is 7.47. The smallest absolute Gasteiger partial charge is 0.326 e. The molecule has 3 rings (SSSR count). The van der Waals surface area contributed by atoms with Crippen LogP contribution in [-0.2, 0) is 14.8 Å². The fourth-order valence-electron chi connectivity index (χ4n) is 4.25. The van der Waals surface area contributed by atoms with Gasteiger partial charge in [0.05, 0.1) is 7.11 Å². The number of nitrogens with zero attached hydrogens (tertiary/aromatic N) is 1. The van der Waals surface area contributed by atoms with Crippen molar-refractivity contribution in [2.75, 3.05) is 14.2 Å². The number of sulfonamides is 1. The van der Waals surface area contributed by atoms with E-state index in [4.69, 9.17) is 4.74 Å². The average molecular weight is 396 g/mol. The summed E-state index contributed by atoms with van der Waals surface area (Å²) in [6.45, 7) is 0. The first-order valence-electron chi connectivity index (χ1n) is 8.97. The number of hydrogen-bond donors (Lipinski definition) is 2. The van der Waals surface area contributed by atoms with Crippen molar-refractivity contribution in [1.29, 1.82) is 0 Å². The van der Waals surface area contributed by atoms with Gasteiger partial charge in [-0.25, -0.2) is 17.9 Å². The van der Waals surface area contributed by atoms with E-state index in [1.165, 1.54) is 37.3 Å². The quantitative estimate of drug-likeness (QED) is 0.779. The predicted octanol–water partition coefficient (Wildman–Crippen LogP) is 1.46. The number of rotatable bonds is 5. The third kappa shape index (κ3) is 3.53. The van der Waals surface area contributed by atoms with Crippen LogP contribution in [0.5, 0.6) is 5.75 Å². The van der Waals surface area contributed by atoms with Crippen molar-refractivity contribution in [2.45, 2.75) is 49.1 Å². The van der Waals surface area contributed by atoms with E-state index < -0.39 is 27.9 Å². The number of carbonyl (C=O) groups is 2. The molecule has 1 saturated carbocycles. The van der Waals surface area contributed by atoms with Gasteiger partial charge in [-0.1, -0.05) is 12.8 Å². The van der Waals surface area contributed by atoms with E-state index in [0.29, 0.717) is 6.42 Å². The molecular formula is C18H24N2O6S. The van der Waals surface area contributed by atoms with Gasteiger partial charge in [0, 0.05) is 11.6 Å². The highest BCUT2D eigenvalue weighted by Gasteiger charge is 2.47. The van der Waals surface area contributed by atoms with Crippen LogP contribution in [0.2, 0.25) is 0 Å². The second-order valence-electron chi connectivity index (χ2n) is 6.99. The van der Waals surface area contributed by atoms with Gasteiger partial charge in [-0.15, -0.1) is 0 Å². The molecule has 148 valence electrons. The number of benzene rings is 1. The number of amides is 1. The predicted molar refractivity (Wildman–Crippen MR) is 97.2 cm³/mol. The Labute approximate surface area is 158 Å². The number of carbonyl (C=O) groups excluding carboxylic acids is 1. The van der Waals surface area contributed by atoms with Gasteiger partial charge in [-0.05, 0) is 50.4 Å². The Morgan fingerprint density at radius 1 is 1.26 bits per heavy atom. The van der Waals surface area contributed by atoms with Crippen molar-refractivity contribution in [3.8, 4) is 5.75 Å². The summed E-state index contributed by atoms with van der Waals surface area (Å²) in [6, 6.07) is 3.16. The Morgan fingerprint density at radius 3 is 2.59 bits per heavy atom. The number of aliphatic carboxylic acids is 1. The topological polar surface area (TPSA) is 113 Å². The third-order valence-electron chi connectivity index (χ3n) is 5.58. The average Bonchev–Trinajstić information content (AvgIpc) is 3.06. The Bertz CT molecular complexity index is 853. The van der Waals surface area contributed by atoms with Crippen molar-refractivity contribution < 1.29 is 27.9 Å². The summed E-state index contributed by atoms with van der Waals surface area (Å²) >= 11 is 0. The van der Waals surface area contributed by atoms with Crippen LogP contribution < -0.4 is 9.46 Å². The number of carboxylic acid groups (broad SMARTS) is 1. The minimum atomic E-state index is -3.84.